The van der Waals surface area contributed by atoms with Gasteiger partial charge in [0.25, 0.3) is 5.91 Å². The average Bonchev–Trinajstić information content (AvgIpc) is 3.63. The van der Waals surface area contributed by atoms with Crippen LogP contribution < -0.4 is 5.32 Å². The van der Waals surface area contributed by atoms with Crippen LogP contribution in [0.15, 0.2) is 17.4 Å². The number of hydrogen-bond acceptors (Lipinski definition) is 7. The van der Waals surface area contributed by atoms with Crippen LogP contribution in [0.4, 0.5) is 19.0 Å². The van der Waals surface area contributed by atoms with Gasteiger partial charge in [0.2, 0.25) is 11.8 Å². The van der Waals surface area contributed by atoms with Crippen molar-refractivity contribution in [1.29, 1.82) is 0 Å². The standard InChI is InChI=1S/C23H23ClF3N5O4/c24-13-7-10(23(25,26)27)9-29-19(13)28-3-6-32-20(33)14-11-8-12(15(14)21(32)34)18-16(11)17(30-36-18)22(35)31-4-1-2-5-31/h7,9,11-12,14-16,18H,1-6,8H2,(H,28,29)/t11-,12+,14-,15+,16+,18-/m1/s1. The minimum absolute atomic E-state index is 0.0208. The summed E-state index contributed by atoms with van der Waals surface area (Å²) in [6.45, 7) is 1.47. The Hall–Kier alpha value is -2.89. The van der Waals surface area contributed by atoms with Crippen LogP contribution in [-0.2, 0) is 25.4 Å². The molecule has 4 fully saturated rings. The van der Waals surface area contributed by atoms with Crippen molar-refractivity contribution in [1.82, 2.24) is 14.8 Å². The maximum absolute atomic E-state index is 13.3. The van der Waals surface area contributed by atoms with E-state index in [-0.39, 0.29) is 65.5 Å². The fourth-order valence-electron chi connectivity index (χ4n) is 6.67. The maximum atomic E-state index is 13.3. The molecule has 2 bridgehead atoms. The third kappa shape index (κ3) is 3.47. The van der Waals surface area contributed by atoms with E-state index in [1.807, 2.05) is 0 Å². The van der Waals surface area contributed by atoms with Crippen molar-refractivity contribution in [2.24, 2.45) is 34.7 Å². The monoisotopic (exact) mass is 525 g/mol. The second kappa shape index (κ2) is 8.32. The SMILES string of the molecule is O=C(C1=NO[C@@H]2[C@H]3C[C@@H]([C@@H]12)[C@H]1C(=O)N(CCNc2ncc(C(F)(F)F)cc2Cl)C(=O)[C@@H]31)N1CCCC1. The first-order valence-electron chi connectivity index (χ1n) is 12.0. The van der Waals surface area contributed by atoms with Crippen LogP contribution in [0, 0.1) is 29.6 Å². The van der Waals surface area contributed by atoms with Crippen molar-refractivity contribution < 1.29 is 32.4 Å². The molecule has 0 unspecified atom stereocenters. The lowest BCUT2D eigenvalue weighted by molar-refractivity contribution is -0.141. The second-order valence-corrected chi connectivity index (χ2v) is 10.4. The highest BCUT2D eigenvalue weighted by atomic mass is 35.5. The minimum atomic E-state index is -4.56. The molecule has 36 heavy (non-hydrogen) atoms. The van der Waals surface area contributed by atoms with Crippen molar-refractivity contribution in [3.8, 4) is 0 Å². The van der Waals surface area contributed by atoms with Gasteiger partial charge in [-0.1, -0.05) is 16.8 Å². The largest absolute Gasteiger partial charge is 0.417 e. The van der Waals surface area contributed by atoms with E-state index in [4.69, 9.17) is 16.4 Å². The lowest BCUT2D eigenvalue weighted by atomic mass is 9.72. The summed E-state index contributed by atoms with van der Waals surface area (Å²) in [7, 11) is 0. The number of fused-ring (bicyclic) bond motifs is 8. The summed E-state index contributed by atoms with van der Waals surface area (Å²) in [6, 6.07) is 0.770. The molecule has 192 valence electrons. The molecule has 1 aromatic rings. The van der Waals surface area contributed by atoms with Gasteiger partial charge in [-0.2, -0.15) is 13.2 Å². The number of nitrogens with zero attached hydrogens (tertiary/aromatic N) is 4. The molecule has 2 saturated carbocycles. The van der Waals surface area contributed by atoms with Crippen LogP contribution >= 0.6 is 11.6 Å². The molecule has 2 saturated heterocycles. The number of aromatic nitrogens is 1. The van der Waals surface area contributed by atoms with Crippen molar-refractivity contribution in [3.63, 3.8) is 0 Å². The number of likely N-dealkylation sites (tertiary alicyclic amines) is 2. The van der Waals surface area contributed by atoms with Gasteiger partial charge in [0.1, 0.15) is 11.9 Å². The van der Waals surface area contributed by atoms with E-state index < -0.39 is 23.6 Å². The molecule has 0 radical (unpaired) electrons. The van der Waals surface area contributed by atoms with Gasteiger partial charge in [-0.05, 0) is 31.2 Å². The van der Waals surface area contributed by atoms with Crippen LogP contribution in [0.5, 0.6) is 0 Å². The van der Waals surface area contributed by atoms with E-state index in [1.54, 1.807) is 4.90 Å². The molecule has 5 aliphatic rings. The van der Waals surface area contributed by atoms with E-state index in [9.17, 15) is 27.6 Å². The fourth-order valence-corrected chi connectivity index (χ4v) is 6.91. The Morgan fingerprint density at radius 2 is 1.83 bits per heavy atom. The third-order valence-corrected chi connectivity index (χ3v) is 8.48. The number of carbonyl (C=O) groups is 3. The number of carbonyl (C=O) groups excluding carboxylic acids is 3. The van der Waals surface area contributed by atoms with E-state index >= 15 is 0 Å². The molecule has 9 nitrogen and oxygen atoms in total. The molecule has 6 atom stereocenters. The summed E-state index contributed by atoms with van der Waals surface area (Å²) < 4.78 is 38.4. The molecule has 3 amide bonds. The van der Waals surface area contributed by atoms with E-state index in [0.29, 0.717) is 31.4 Å². The quantitative estimate of drug-likeness (QED) is 0.592. The van der Waals surface area contributed by atoms with Gasteiger partial charge in [-0.25, -0.2) is 4.98 Å². The first-order valence-corrected chi connectivity index (χ1v) is 12.4. The summed E-state index contributed by atoms with van der Waals surface area (Å²) >= 11 is 5.92. The molecule has 0 spiro atoms. The predicted octanol–water partition coefficient (Wildman–Crippen LogP) is 2.41. The molecule has 4 heterocycles. The number of halogens is 4. The zero-order chi connectivity index (χ0) is 25.4. The van der Waals surface area contributed by atoms with Crippen LogP contribution in [0.25, 0.3) is 0 Å². The summed E-state index contributed by atoms with van der Waals surface area (Å²) in [5.41, 5.74) is -0.596. The number of amides is 3. The first kappa shape index (κ1) is 23.5. The molecule has 0 aromatic carbocycles. The number of alkyl halides is 3. The highest BCUT2D eigenvalue weighted by Gasteiger charge is 2.70. The number of nitrogens with one attached hydrogen (secondary N) is 1. The summed E-state index contributed by atoms with van der Waals surface area (Å²) in [4.78, 5) is 51.9. The zero-order valence-electron chi connectivity index (χ0n) is 19.0. The lowest BCUT2D eigenvalue weighted by Gasteiger charge is -2.30. The average molecular weight is 526 g/mol. The Bertz CT molecular complexity index is 1170. The van der Waals surface area contributed by atoms with Crippen molar-refractivity contribution in [2.45, 2.75) is 31.5 Å². The molecular formula is C23H23ClF3N5O4. The van der Waals surface area contributed by atoms with E-state index in [1.165, 1.54) is 4.90 Å². The van der Waals surface area contributed by atoms with Gasteiger partial charge >= 0.3 is 6.18 Å². The molecular weight excluding hydrogens is 503 g/mol. The minimum Gasteiger partial charge on any atom is -0.391 e. The Balaban J connectivity index is 1.12. The highest BCUT2D eigenvalue weighted by molar-refractivity contribution is 6.40. The van der Waals surface area contributed by atoms with Gasteiger partial charge in [-0.3, -0.25) is 19.3 Å². The molecule has 3 aliphatic heterocycles. The number of hydrogen-bond donors (Lipinski definition) is 1. The summed E-state index contributed by atoms with van der Waals surface area (Å²) in [6.07, 6.45) is -1.72. The van der Waals surface area contributed by atoms with Crippen LogP contribution in [0.1, 0.15) is 24.8 Å². The van der Waals surface area contributed by atoms with E-state index in [2.05, 4.69) is 15.5 Å². The Morgan fingerprint density at radius 3 is 2.50 bits per heavy atom. The second-order valence-electron chi connectivity index (χ2n) is 9.99. The Kier molecular flexibility index (Phi) is 5.43. The Labute approximate surface area is 209 Å². The third-order valence-electron chi connectivity index (χ3n) is 8.19. The highest BCUT2D eigenvalue weighted by Crippen LogP contribution is 2.61. The normalized spacial score (nSPS) is 32.6. The van der Waals surface area contributed by atoms with Gasteiger partial charge in [-0.15, -0.1) is 0 Å². The van der Waals surface area contributed by atoms with E-state index in [0.717, 1.165) is 18.9 Å². The van der Waals surface area contributed by atoms with Gasteiger partial charge in [0.15, 0.2) is 5.71 Å². The van der Waals surface area contributed by atoms with Crippen LogP contribution in [-0.4, -0.2) is 70.5 Å². The first-order chi connectivity index (χ1) is 17.2. The number of pyridine rings is 1. The predicted molar refractivity (Wildman–Crippen MR) is 120 cm³/mol. The summed E-state index contributed by atoms with van der Waals surface area (Å²) in [5, 5.41) is 6.70. The smallest absolute Gasteiger partial charge is 0.391 e. The van der Waals surface area contributed by atoms with Gasteiger partial charge in [0, 0.05) is 38.3 Å². The number of imide groups is 1. The lowest BCUT2D eigenvalue weighted by Crippen LogP contribution is -2.45. The number of oxime groups is 1. The summed E-state index contributed by atoms with van der Waals surface area (Å²) in [5.74, 6) is -2.35. The Morgan fingerprint density at radius 1 is 1.14 bits per heavy atom. The van der Waals surface area contributed by atoms with Crippen LogP contribution in [0.3, 0.4) is 0 Å². The van der Waals surface area contributed by atoms with Gasteiger partial charge in [0.05, 0.1) is 28.3 Å². The number of anilines is 1. The topological polar surface area (TPSA) is 104 Å². The van der Waals surface area contributed by atoms with Gasteiger partial charge < -0.3 is 15.1 Å². The van der Waals surface area contributed by atoms with Crippen molar-refractivity contribution >= 4 is 40.9 Å². The maximum Gasteiger partial charge on any atom is 0.417 e. The zero-order valence-corrected chi connectivity index (χ0v) is 19.8. The number of rotatable bonds is 5. The van der Waals surface area contributed by atoms with Crippen molar-refractivity contribution in [2.75, 3.05) is 31.5 Å². The van der Waals surface area contributed by atoms with Crippen LogP contribution in [0.2, 0.25) is 5.02 Å². The molecule has 1 aromatic heterocycles. The van der Waals surface area contributed by atoms with Crippen molar-refractivity contribution in [3.05, 3.63) is 22.8 Å². The molecule has 1 N–H and O–H groups in total. The molecule has 2 aliphatic carbocycles. The molecule has 6 rings (SSSR count). The fraction of sp³-hybridized carbons (Fsp3) is 0.609. The molecule has 13 heteroatoms.